The van der Waals surface area contributed by atoms with Crippen molar-refractivity contribution in [1.29, 1.82) is 0 Å². The van der Waals surface area contributed by atoms with Crippen LogP contribution in [0.2, 0.25) is 0 Å². The highest BCUT2D eigenvalue weighted by atomic mass is 16.6. The fraction of sp³-hybridized carbons (Fsp3) is 0.906. The lowest BCUT2D eigenvalue weighted by atomic mass is 10.3. The Morgan fingerprint density at radius 3 is 0.804 bits per heavy atom. The molecule has 0 aliphatic rings. The van der Waals surface area contributed by atoms with Crippen molar-refractivity contribution >= 4 is 5.97 Å². The van der Waals surface area contributed by atoms with E-state index in [2.05, 4.69) is 13.5 Å². The van der Waals surface area contributed by atoms with E-state index in [1.54, 1.807) is 0 Å². The van der Waals surface area contributed by atoms with Crippen molar-refractivity contribution in [3.05, 3.63) is 12.7 Å². The Morgan fingerprint density at radius 2 is 0.587 bits per heavy atom. The van der Waals surface area contributed by atoms with Gasteiger partial charge >= 0.3 is 5.97 Å². The second-order valence-corrected chi connectivity index (χ2v) is 9.43. The Hall–Kier alpha value is -1.27. The van der Waals surface area contributed by atoms with Gasteiger partial charge < -0.3 is 61.6 Å². The van der Waals surface area contributed by atoms with Gasteiger partial charge in [-0.05, 0) is 6.42 Å². The molecule has 14 heteroatoms. The van der Waals surface area contributed by atoms with Gasteiger partial charge in [-0.25, -0.2) is 4.79 Å². The Kier molecular flexibility index (Phi) is 40.6. The molecule has 0 radical (unpaired) electrons. The molecule has 0 N–H and O–H groups in total. The maximum Gasteiger partial charge on any atom is 0.330 e. The number of carbonyl (C=O) groups is 1. The summed E-state index contributed by atoms with van der Waals surface area (Å²) in [6.45, 7) is 18.1. The van der Waals surface area contributed by atoms with Crippen molar-refractivity contribution in [3.8, 4) is 0 Å². The van der Waals surface area contributed by atoms with Crippen molar-refractivity contribution in [2.75, 3.05) is 165 Å². The van der Waals surface area contributed by atoms with Crippen LogP contribution in [0.4, 0.5) is 0 Å². The largest absolute Gasteiger partial charge is 0.460 e. The van der Waals surface area contributed by atoms with E-state index in [0.29, 0.717) is 152 Å². The predicted molar refractivity (Wildman–Crippen MR) is 171 cm³/mol. The molecule has 0 bridgehead atoms. The third kappa shape index (κ3) is 40.8. The van der Waals surface area contributed by atoms with Crippen LogP contribution < -0.4 is 0 Å². The summed E-state index contributed by atoms with van der Waals surface area (Å²) in [6.07, 6.45) is 4.65. The van der Waals surface area contributed by atoms with Crippen molar-refractivity contribution in [3.63, 3.8) is 0 Å². The molecule has 0 aromatic rings. The van der Waals surface area contributed by atoms with Crippen LogP contribution in [0.1, 0.15) is 26.2 Å². The summed E-state index contributed by atoms with van der Waals surface area (Å²) in [5.74, 6) is -0.459. The quantitative estimate of drug-likeness (QED) is 0.0533. The number of carbonyl (C=O) groups excluding carboxylic acids is 1. The zero-order valence-corrected chi connectivity index (χ0v) is 28.3. The average molecular weight is 671 g/mol. The molecule has 0 amide bonds. The van der Waals surface area contributed by atoms with Gasteiger partial charge in [0, 0.05) is 12.7 Å². The zero-order chi connectivity index (χ0) is 33.3. The van der Waals surface area contributed by atoms with E-state index in [1.807, 2.05) is 0 Å². The van der Waals surface area contributed by atoms with Crippen molar-refractivity contribution in [2.24, 2.45) is 0 Å². The summed E-state index contributed by atoms with van der Waals surface area (Å²) in [4.78, 5) is 10.8. The Balaban J connectivity index is 3.05. The summed E-state index contributed by atoms with van der Waals surface area (Å²) >= 11 is 0. The molecule has 0 aromatic heterocycles. The van der Waals surface area contributed by atoms with Crippen molar-refractivity contribution < 1.29 is 66.4 Å². The normalized spacial score (nSPS) is 11.3. The highest BCUT2D eigenvalue weighted by Crippen LogP contribution is 1.94. The summed E-state index contributed by atoms with van der Waals surface area (Å²) in [5, 5.41) is 0. The van der Waals surface area contributed by atoms with Crippen LogP contribution in [0.15, 0.2) is 12.7 Å². The Labute approximate surface area is 276 Å². The van der Waals surface area contributed by atoms with Gasteiger partial charge in [0.1, 0.15) is 6.61 Å². The first-order valence-corrected chi connectivity index (χ1v) is 16.5. The van der Waals surface area contributed by atoms with Gasteiger partial charge in [-0.15, -0.1) is 0 Å². The highest BCUT2D eigenvalue weighted by molar-refractivity contribution is 5.81. The number of rotatable bonds is 41. The first-order chi connectivity index (χ1) is 22.8. The van der Waals surface area contributed by atoms with Gasteiger partial charge in [0.15, 0.2) is 0 Å². The minimum atomic E-state index is -0.459. The molecule has 274 valence electrons. The van der Waals surface area contributed by atoms with E-state index < -0.39 is 5.97 Å². The molecule has 46 heavy (non-hydrogen) atoms. The van der Waals surface area contributed by atoms with Crippen LogP contribution in [0.3, 0.4) is 0 Å². The molecule has 0 saturated heterocycles. The van der Waals surface area contributed by atoms with Crippen LogP contribution in [-0.4, -0.2) is 171 Å². The molecule has 0 aliphatic heterocycles. The second kappa shape index (κ2) is 41.8. The molecule has 0 unspecified atom stereocenters. The van der Waals surface area contributed by atoms with Gasteiger partial charge in [0.25, 0.3) is 0 Å². The Morgan fingerprint density at radius 1 is 0.370 bits per heavy atom. The molecule has 0 saturated carbocycles. The van der Waals surface area contributed by atoms with Crippen LogP contribution in [0, 0.1) is 0 Å². The van der Waals surface area contributed by atoms with Crippen LogP contribution >= 0.6 is 0 Å². The van der Waals surface area contributed by atoms with Crippen LogP contribution in [0.5, 0.6) is 0 Å². The van der Waals surface area contributed by atoms with Crippen LogP contribution in [0.25, 0.3) is 0 Å². The lowest BCUT2D eigenvalue weighted by Crippen LogP contribution is -2.15. The predicted octanol–water partition coefficient (Wildman–Crippen LogP) is 2.11. The van der Waals surface area contributed by atoms with E-state index in [9.17, 15) is 4.79 Å². The zero-order valence-electron chi connectivity index (χ0n) is 28.3. The maximum atomic E-state index is 10.8. The molecular weight excluding hydrogens is 608 g/mol. The molecule has 0 rings (SSSR count). The van der Waals surface area contributed by atoms with Gasteiger partial charge in [-0.3, -0.25) is 0 Å². The van der Waals surface area contributed by atoms with E-state index in [0.717, 1.165) is 19.1 Å². The third-order valence-electron chi connectivity index (χ3n) is 5.62. The monoisotopic (exact) mass is 670 g/mol. The van der Waals surface area contributed by atoms with E-state index >= 15 is 0 Å². The smallest absolute Gasteiger partial charge is 0.330 e. The fourth-order valence-corrected chi connectivity index (χ4v) is 3.24. The summed E-state index contributed by atoms with van der Waals surface area (Å²) < 4.78 is 70.1. The summed E-state index contributed by atoms with van der Waals surface area (Å²) in [5.41, 5.74) is 0. The SMILES string of the molecule is C=CC(=O)OCCOCCOCCOCCOCCOCCOCCOCCOCCOCCOCCOCCOCCCCC. The lowest BCUT2D eigenvalue weighted by molar-refractivity contribution is -0.139. The first-order valence-electron chi connectivity index (χ1n) is 16.5. The van der Waals surface area contributed by atoms with E-state index in [4.69, 9.17) is 61.6 Å². The van der Waals surface area contributed by atoms with Gasteiger partial charge in [0.05, 0.1) is 152 Å². The number of unbranched alkanes of at least 4 members (excludes halogenated alkanes) is 2. The fourth-order valence-electron chi connectivity index (χ4n) is 3.24. The first kappa shape index (κ1) is 44.7. The van der Waals surface area contributed by atoms with Gasteiger partial charge in [-0.1, -0.05) is 26.3 Å². The topological polar surface area (TPSA) is 137 Å². The highest BCUT2D eigenvalue weighted by Gasteiger charge is 1.98. The maximum absolute atomic E-state index is 10.8. The lowest BCUT2D eigenvalue weighted by Gasteiger charge is -2.09. The molecule has 0 fully saturated rings. The van der Waals surface area contributed by atoms with Crippen LogP contribution in [-0.2, 0) is 66.4 Å². The van der Waals surface area contributed by atoms with Gasteiger partial charge in [0.2, 0.25) is 0 Å². The minimum Gasteiger partial charge on any atom is -0.460 e. The number of ether oxygens (including phenoxy) is 13. The average Bonchev–Trinajstić information content (AvgIpc) is 3.07. The molecule has 0 aliphatic carbocycles. The molecule has 0 heterocycles. The van der Waals surface area contributed by atoms with Crippen molar-refractivity contribution in [1.82, 2.24) is 0 Å². The molecule has 14 nitrogen and oxygen atoms in total. The minimum absolute atomic E-state index is 0.198. The number of hydrogen-bond donors (Lipinski definition) is 0. The molecular formula is C32H62O14. The number of esters is 1. The second-order valence-electron chi connectivity index (χ2n) is 9.43. The number of hydrogen-bond acceptors (Lipinski definition) is 14. The van der Waals surface area contributed by atoms with Crippen molar-refractivity contribution in [2.45, 2.75) is 26.2 Å². The third-order valence-corrected chi connectivity index (χ3v) is 5.62. The standard InChI is InChI=1S/C32H62O14/c1-3-5-6-7-34-8-9-35-10-11-36-12-13-37-14-15-38-16-17-39-18-19-40-20-21-41-22-23-42-24-25-43-26-27-44-28-29-45-30-31-46-32(33)4-2/h4H,2-3,5-31H2,1H3. The Bertz CT molecular complexity index is 599. The van der Waals surface area contributed by atoms with Gasteiger partial charge in [-0.2, -0.15) is 0 Å². The molecule has 0 atom stereocenters. The molecule has 0 spiro atoms. The molecule has 0 aromatic carbocycles. The van der Waals surface area contributed by atoms with E-state index in [1.165, 1.54) is 12.8 Å². The van der Waals surface area contributed by atoms with E-state index in [-0.39, 0.29) is 6.61 Å². The summed E-state index contributed by atoms with van der Waals surface area (Å²) in [7, 11) is 0. The summed E-state index contributed by atoms with van der Waals surface area (Å²) in [6, 6.07) is 0.